The zero-order valence-electron chi connectivity index (χ0n) is 9.40. The molecule has 1 rings (SSSR count). The minimum absolute atomic E-state index is 0.334. The average molecular weight is 225 g/mol. The van der Waals surface area contributed by atoms with Crippen molar-refractivity contribution >= 4 is 5.97 Å². The molecule has 0 atom stereocenters. The van der Waals surface area contributed by atoms with Crippen LogP contribution < -0.4 is 5.32 Å². The lowest BCUT2D eigenvalue weighted by molar-refractivity contribution is -0.137. The van der Waals surface area contributed by atoms with Crippen molar-refractivity contribution in [1.82, 2.24) is 15.5 Å². The molecule has 0 aliphatic rings. The first-order chi connectivity index (χ1) is 7.72. The van der Waals surface area contributed by atoms with E-state index in [0.29, 0.717) is 31.4 Å². The fraction of sp³-hybridized carbons (Fsp3) is 0.500. The molecule has 0 bridgehead atoms. The van der Waals surface area contributed by atoms with Gasteiger partial charge in [0.2, 0.25) is 5.89 Å². The highest BCUT2D eigenvalue weighted by Gasteiger charge is 1.99. The van der Waals surface area contributed by atoms with Gasteiger partial charge in [-0.2, -0.15) is 4.98 Å². The molecule has 0 saturated heterocycles. The summed E-state index contributed by atoms with van der Waals surface area (Å²) in [5.41, 5.74) is 0. The second-order valence-corrected chi connectivity index (χ2v) is 3.01. The standard InChI is InChI=1S/C10H15N3O3/c1-3-15-10(14)5-4-6-11-7-9-12-8(2)16-13-9/h4-5,11H,3,6-7H2,1-2H3/b5-4+. The van der Waals surface area contributed by atoms with Crippen LogP contribution in [0.5, 0.6) is 0 Å². The Morgan fingerprint density at radius 1 is 1.62 bits per heavy atom. The Morgan fingerprint density at radius 2 is 2.44 bits per heavy atom. The van der Waals surface area contributed by atoms with E-state index in [9.17, 15) is 4.79 Å². The molecule has 0 radical (unpaired) electrons. The zero-order valence-corrected chi connectivity index (χ0v) is 9.40. The van der Waals surface area contributed by atoms with E-state index in [0.717, 1.165) is 0 Å². The summed E-state index contributed by atoms with van der Waals surface area (Å²) >= 11 is 0. The van der Waals surface area contributed by atoms with Gasteiger partial charge in [-0.25, -0.2) is 4.79 Å². The molecule has 0 unspecified atom stereocenters. The molecule has 1 aromatic heterocycles. The maximum Gasteiger partial charge on any atom is 0.330 e. The molecule has 0 aliphatic heterocycles. The Kier molecular flexibility index (Phi) is 5.21. The maximum absolute atomic E-state index is 10.9. The summed E-state index contributed by atoms with van der Waals surface area (Å²) in [5.74, 6) is 0.806. The Labute approximate surface area is 93.7 Å². The van der Waals surface area contributed by atoms with Gasteiger partial charge in [-0.1, -0.05) is 11.2 Å². The molecule has 0 spiro atoms. The van der Waals surface area contributed by atoms with Gasteiger partial charge in [-0.3, -0.25) is 0 Å². The van der Waals surface area contributed by atoms with Crippen LogP contribution in [0.2, 0.25) is 0 Å². The summed E-state index contributed by atoms with van der Waals surface area (Å²) < 4.78 is 9.52. The van der Waals surface area contributed by atoms with Crippen LogP contribution in [0.1, 0.15) is 18.6 Å². The number of carbonyl (C=O) groups is 1. The van der Waals surface area contributed by atoms with Crippen LogP contribution in [0, 0.1) is 6.92 Å². The molecule has 1 heterocycles. The fourth-order valence-corrected chi connectivity index (χ4v) is 1.03. The normalized spacial score (nSPS) is 10.9. The van der Waals surface area contributed by atoms with E-state index in [-0.39, 0.29) is 5.97 Å². The lowest BCUT2D eigenvalue weighted by atomic mass is 10.4. The van der Waals surface area contributed by atoms with Gasteiger partial charge in [0.25, 0.3) is 0 Å². The average Bonchev–Trinajstić information content (AvgIpc) is 2.64. The zero-order chi connectivity index (χ0) is 11.8. The number of nitrogens with zero attached hydrogens (tertiary/aromatic N) is 2. The predicted molar refractivity (Wildman–Crippen MR) is 56.5 cm³/mol. The van der Waals surface area contributed by atoms with Crippen LogP contribution >= 0.6 is 0 Å². The van der Waals surface area contributed by atoms with Gasteiger partial charge in [0.1, 0.15) is 0 Å². The van der Waals surface area contributed by atoms with Crippen LogP contribution in [0.4, 0.5) is 0 Å². The van der Waals surface area contributed by atoms with Crippen molar-refractivity contribution in [1.29, 1.82) is 0 Å². The number of hydrogen-bond donors (Lipinski definition) is 1. The summed E-state index contributed by atoms with van der Waals surface area (Å²) in [6.07, 6.45) is 3.07. The van der Waals surface area contributed by atoms with Gasteiger partial charge in [-0.15, -0.1) is 0 Å². The first-order valence-electron chi connectivity index (χ1n) is 5.05. The van der Waals surface area contributed by atoms with E-state index in [1.165, 1.54) is 6.08 Å². The molecule has 0 fully saturated rings. The lowest BCUT2D eigenvalue weighted by Crippen LogP contribution is -2.14. The van der Waals surface area contributed by atoms with E-state index >= 15 is 0 Å². The van der Waals surface area contributed by atoms with Crippen LogP contribution in [0.3, 0.4) is 0 Å². The number of rotatable bonds is 6. The Bertz CT molecular complexity index is 360. The van der Waals surface area contributed by atoms with Crippen molar-refractivity contribution in [2.24, 2.45) is 0 Å². The summed E-state index contributed by atoms with van der Waals surface area (Å²) in [6.45, 7) is 4.94. The highest BCUT2D eigenvalue weighted by molar-refractivity contribution is 5.81. The third-order valence-electron chi connectivity index (χ3n) is 1.66. The van der Waals surface area contributed by atoms with Crippen molar-refractivity contribution in [2.75, 3.05) is 13.2 Å². The molecule has 1 N–H and O–H groups in total. The summed E-state index contributed by atoms with van der Waals surface area (Å²) in [5, 5.41) is 6.75. The monoisotopic (exact) mass is 225 g/mol. The van der Waals surface area contributed by atoms with E-state index in [2.05, 4.69) is 15.5 Å². The molecule has 0 aromatic carbocycles. The highest BCUT2D eigenvalue weighted by Crippen LogP contribution is 1.93. The van der Waals surface area contributed by atoms with Crippen molar-refractivity contribution in [3.05, 3.63) is 23.9 Å². The van der Waals surface area contributed by atoms with Gasteiger partial charge >= 0.3 is 5.97 Å². The number of aryl methyl sites for hydroxylation is 1. The molecule has 6 nitrogen and oxygen atoms in total. The molecule has 0 aliphatic carbocycles. The van der Waals surface area contributed by atoms with Crippen LogP contribution in [-0.2, 0) is 16.1 Å². The van der Waals surface area contributed by atoms with Crippen molar-refractivity contribution in [3.8, 4) is 0 Å². The number of aromatic nitrogens is 2. The molecular formula is C10H15N3O3. The molecule has 16 heavy (non-hydrogen) atoms. The van der Waals surface area contributed by atoms with E-state index < -0.39 is 0 Å². The molecular weight excluding hydrogens is 210 g/mol. The Hall–Kier alpha value is -1.69. The smallest absolute Gasteiger partial charge is 0.330 e. The molecule has 6 heteroatoms. The molecule has 88 valence electrons. The quantitative estimate of drug-likeness (QED) is 0.433. The molecule has 0 amide bonds. The predicted octanol–water partition coefficient (Wildman–Crippen LogP) is 0.587. The molecule has 1 aromatic rings. The van der Waals surface area contributed by atoms with Gasteiger partial charge in [0, 0.05) is 19.5 Å². The fourth-order valence-electron chi connectivity index (χ4n) is 1.03. The second kappa shape index (κ2) is 6.73. The number of ether oxygens (including phenoxy) is 1. The third kappa shape index (κ3) is 4.70. The Morgan fingerprint density at radius 3 is 3.06 bits per heavy atom. The third-order valence-corrected chi connectivity index (χ3v) is 1.66. The number of esters is 1. The minimum atomic E-state index is -0.334. The van der Waals surface area contributed by atoms with Gasteiger partial charge < -0.3 is 14.6 Å². The maximum atomic E-state index is 10.9. The Balaban J connectivity index is 2.14. The topological polar surface area (TPSA) is 77.2 Å². The molecule has 0 saturated carbocycles. The van der Waals surface area contributed by atoms with Crippen molar-refractivity contribution < 1.29 is 14.1 Å². The minimum Gasteiger partial charge on any atom is -0.463 e. The van der Waals surface area contributed by atoms with Crippen LogP contribution in [0.15, 0.2) is 16.7 Å². The van der Waals surface area contributed by atoms with E-state index in [4.69, 9.17) is 9.26 Å². The number of hydrogen-bond acceptors (Lipinski definition) is 6. The largest absolute Gasteiger partial charge is 0.463 e. The first kappa shape index (κ1) is 12.4. The van der Waals surface area contributed by atoms with Crippen molar-refractivity contribution in [3.63, 3.8) is 0 Å². The lowest BCUT2D eigenvalue weighted by Gasteiger charge is -1.96. The van der Waals surface area contributed by atoms with E-state index in [1.807, 2.05) is 0 Å². The summed E-state index contributed by atoms with van der Waals surface area (Å²) in [7, 11) is 0. The van der Waals surface area contributed by atoms with Crippen LogP contribution in [0.25, 0.3) is 0 Å². The second-order valence-electron chi connectivity index (χ2n) is 3.01. The van der Waals surface area contributed by atoms with Gasteiger partial charge in [0.05, 0.1) is 13.2 Å². The van der Waals surface area contributed by atoms with Crippen LogP contribution in [-0.4, -0.2) is 29.3 Å². The van der Waals surface area contributed by atoms with Gasteiger partial charge in [-0.05, 0) is 6.92 Å². The highest BCUT2D eigenvalue weighted by atomic mass is 16.5. The number of carbonyl (C=O) groups excluding carboxylic acids is 1. The van der Waals surface area contributed by atoms with Gasteiger partial charge in [0.15, 0.2) is 5.82 Å². The summed E-state index contributed by atoms with van der Waals surface area (Å²) in [6, 6.07) is 0. The van der Waals surface area contributed by atoms with Crippen molar-refractivity contribution in [2.45, 2.75) is 20.4 Å². The SMILES string of the molecule is CCOC(=O)/C=C/CNCc1noc(C)n1. The summed E-state index contributed by atoms with van der Waals surface area (Å²) in [4.78, 5) is 14.9. The van der Waals surface area contributed by atoms with E-state index in [1.54, 1.807) is 19.9 Å². The first-order valence-corrected chi connectivity index (χ1v) is 5.05. The number of nitrogens with one attached hydrogen (secondary N) is 1.